The zero-order valence-corrected chi connectivity index (χ0v) is 21.0. The number of fused-ring (bicyclic) bond motifs is 3. The molecule has 186 valence electrons. The lowest BCUT2D eigenvalue weighted by atomic mass is 9.77. The highest BCUT2D eigenvalue weighted by molar-refractivity contribution is 7.89. The molecule has 35 heavy (non-hydrogen) atoms. The first kappa shape index (κ1) is 23.9. The number of methoxy groups -OCH3 is 1. The average molecular weight is 497 g/mol. The van der Waals surface area contributed by atoms with Gasteiger partial charge in [-0.05, 0) is 66.6 Å². The lowest BCUT2D eigenvalue weighted by Gasteiger charge is -2.38. The molecule has 0 spiro atoms. The Morgan fingerprint density at radius 2 is 1.80 bits per heavy atom. The second kappa shape index (κ2) is 9.66. The van der Waals surface area contributed by atoms with Crippen LogP contribution < -0.4 is 14.8 Å². The van der Waals surface area contributed by atoms with Crippen LogP contribution in [0, 0.1) is 5.92 Å². The van der Waals surface area contributed by atoms with Crippen LogP contribution in [0.5, 0.6) is 11.5 Å². The molecule has 2 aliphatic heterocycles. The highest BCUT2D eigenvalue weighted by atomic mass is 32.2. The molecule has 1 N–H and O–H groups in total. The fourth-order valence-electron chi connectivity index (χ4n) is 5.61. The Hall–Kier alpha value is -2.84. The zero-order chi connectivity index (χ0) is 24.6. The quantitative estimate of drug-likeness (QED) is 0.356. The first-order valence-electron chi connectivity index (χ1n) is 12.3. The van der Waals surface area contributed by atoms with Crippen LogP contribution in [-0.4, -0.2) is 38.9 Å². The molecule has 2 heterocycles. The largest absolute Gasteiger partial charge is 0.493 e. The first-order chi connectivity index (χ1) is 16.9. The Balaban J connectivity index is 1.47. The Morgan fingerprint density at radius 3 is 2.51 bits per heavy atom. The monoisotopic (exact) mass is 496 g/mol. The zero-order valence-electron chi connectivity index (χ0n) is 20.2. The van der Waals surface area contributed by atoms with E-state index in [2.05, 4.69) is 17.5 Å². The molecule has 2 aromatic carbocycles. The van der Waals surface area contributed by atoms with E-state index in [0.29, 0.717) is 29.5 Å². The number of hydrogen-bond donors (Lipinski definition) is 1. The Morgan fingerprint density at radius 1 is 1.03 bits per heavy atom. The highest BCUT2D eigenvalue weighted by Gasteiger charge is 2.39. The second-order valence-electron chi connectivity index (χ2n) is 9.55. The summed E-state index contributed by atoms with van der Waals surface area (Å²) in [5, 5.41) is 3.65. The minimum Gasteiger partial charge on any atom is -0.493 e. The van der Waals surface area contributed by atoms with Crippen molar-refractivity contribution in [3.63, 3.8) is 0 Å². The third-order valence-electron chi connectivity index (χ3n) is 7.34. The van der Waals surface area contributed by atoms with E-state index in [9.17, 15) is 13.2 Å². The van der Waals surface area contributed by atoms with Gasteiger partial charge in [0.05, 0.1) is 18.0 Å². The summed E-state index contributed by atoms with van der Waals surface area (Å²) in [5.74, 6) is 0.862. The number of ether oxygens (including phenoxy) is 2. The van der Waals surface area contributed by atoms with Gasteiger partial charge in [-0.3, -0.25) is 4.79 Å². The van der Waals surface area contributed by atoms with E-state index in [1.807, 2.05) is 24.3 Å². The Labute approximate surface area is 207 Å². The van der Waals surface area contributed by atoms with Gasteiger partial charge in [0, 0.05) is 31.6 Å². The summed E-state index contributed by atoms with van der Waals surface area (Å²) in [4.78, 5) is 11.8. The van der Waals surface area contributed by atoms with E-state index in [-0.39, 0.29) is 17.9 Å². The molecule has 0 aromatic heterocycles. The number of carbonyl (C=O) groups is 1. The fourth-order valence-corrected chi connectivity index (χ4v) is 7.16. The summed E-state index contributed by atoms with van der Waals surface area (Å²) in [7, 11) is -1.96. The van der Waals surface area contributed by atoms with Crippen LogP contribution in [0.25, 0.3) is 0 Å². The summed E-state index contributed by atoms with van der Waals surface area (Å²) < 4.78 is 39.2. The number of hydrogen-bond acceptors (Lipinski definition) is 6. The molecule has 3 atom stereocenters. The molecule has 0 bridgehead atoms. The predicted molar refractivity (Wildman–Crippen MR) is 134 cm³/mol. The van der Waals surface area contributed by atoms with E-state index < -0.39 is 16.0 Å². The molecular formula is C27H32N2O5S. The molecule has 0 radical (unpaired) electrons. The summed E-state index contributed by atoms with van der Waals surface area (Å²) >= 11 is 0. The summed E-state index contributed by atoms with van der Waals surface area (Å²) in [6.07, 6.45) is 9.27. The number of sulfonamides is 1. The molecule has 1 saturated heterocycles. The van der Waals surface area contributed by atoms with Crippen molar-refractivity contribution in [2.24, 2.45) is 5.92 Å². The van der Waals surface area contributed by atoms with E-state index in [1.165, 1.54) is 6.92 Å². The fraction of sp³-hybridized carbons (Fsp3) is 0.444. The summed E-state index contributed by atoms with van der Waals surface area (Å²) in [6, 6.07) is 11.1. The number of nitrogens with zero attached hydrogens (tertiary/aromatic N) is 1. The van der Waals surface area contributed by atoms with Crippen molar-refractivity contribution in [1.29, 1.82) is 0 Å². The molecule has 3 aliphatic rings. The van der Waals surface area contributed by atoms with Crippen molar-refractivity contribution in [2.45, 2.75) is 55.9 Å². The maximum absolute atomic E-state index is 13.4. The maximum Gasteiger partial charge on any atom is 0.308 e. The van der Waals surface area contributed by atoms with Gasteiger partial charge in [-0.1, -0.05) is 31.1 Å². The lowest BCUT2D eigenvalue weighted by molar-refractivity contribution is -0.132. The van der Waals surface area contributed by atoms with Crippen LogP contribution in [0.15, 0.2) is 53.4 Å². The van der Waals surface area contributed by atoms with E-state index in [1.54, 1.807) is 23.5 Å². The number of anilines is 1. The van der Waals surface area contributed by atoms with E-state index in [0.717, 1.165) is 48.9 Å². The lowest BCUT2D eigenvalue weighted by Crippen LogP contribution is -2.33. The van der Waals surface area contributed by atoms with Gasteiger partial charge in [-0.2, -0.15) is 4.31 Å². The Kier molecular flexibility index (Phi) is 6.59. The van der Waals surface area contributed by atoms with Gasteiger partial charge in [0.2, 0.25) is 10.0 Å². The number of rotatable bonds is 5. The number of allylic oxidation sites excluding steroid dienone is 2. The Bertz CT molecular complexity index is 1250. The SMILES string of the molecule is COc1cc(C2Nc3ccc(S(=O)(=O)N4CCCCCC4)cc3C3C=CCC32)ccc1OC(C)=O. The minimum atomic E-state index is -3.51. The van der Waals surface area contributed by atoms with Gasteiger partial charge in [-0.15, -0.1) is 0 Å². The molecule has 1 aliphatic carbocycles. The number of esters is 1. The smallest absolute Gasteiger partial charge is 0.308 e. The molecular weight excluding hydrogens is 464 g/mol. The van der Waals surface area contributed by atoms with Gasteiger partial charge in [-0.25, -0.2) is 8.42 Å². The normalized spacial score (nSPS) is 24.1. The molecule has 5 rings (SSSR count). The standard InChI is InChI=1S/C27H32N2O5S/c1-18(30)34-25-13-10-19(16-26(25)33-2)27-22-9-7-8-21(22)23-17-20(11-12-24(23)28-27)35(31,32)29-14-5-3-4-6-15-29/h7-8,10-13,16-17,21-22,27-28H,3-6,9,14-15H2,1-2H3. The third-order valence-corrected chi connectivity index (χ3v) is 9.23. The van der Waals surface area contributed by atoms with Gasteiger partial charge >= 0.3 is 5.97 Å². The predicted octanol–water partition coefficient (Wildman–Crippen LogP) is 5.01. The minimum absolute atomic E-state index is 0.0100. The average Bonchev–Trinajstić information content (AvgIpc) is 3.17. The molecule has 3 unspecified atom stereocenters. The van der Waals surface area contributed by atoms with E-state index in [4.69, 9.17) is 9.47 Å². The van der Waals surface area contributed by atoms with Crippen LogP contribution in [-0.2, 0) is 14.8 Å². The van der Waals surface area contributed by atoms with Crippen molar-refractivity contribution in [2.75, 3.05) is 25.5 Å². The van der Waals surface area contributed by atoms with Crippen molar-refractivity contribution < 1.29 is 22.7 Å². The van der Waals surface area contributed by atoms with Crippen LogP contribution >= 0.6 is 0 Å². The number of benzene rings is 2. The molecule has 1 fully saturated rings. The van der Waals surface area contributed by atoms with Crippen LogP contribution in [0.2, 0.25) is 0 Å². The van der Waals surface area contributed by atoms with Crippen molar-refractivity contribution >= 4 is 21.7 Å². The van der Waals surface area contributed by atoms with Crippen LogP contribution in [0.1, 0.15) is 62.1 Å². The molecule has 7 nitrogen and oxygen atoms in total. The maximum atomic E-state index is 13.4. The summed E-state index contributed by atoms with van der Waals surface area (Å²) in [5.41, 5.74) is 3.00. The van der Waals surface area contributed by atoms with Crippen LogP contribution in [0.4, 0.5) is 5.69 Å². The van der Waals surface area contributed by atoms with Gasteiger partial charge in [0.1, 0.15) is 0 Å². The third kappa shape index (κ3) is 4.57. The highest BCUT2D eigenvalue weighted by Crippen LogP contribution is 2.51. The molecule has 0 saturated carbocycles. The van der Waals surface area contributed by atoms with Gasteiger partial charge < -0.3 is 14.8 Å². The van der Waals surface area contributed by atoms with Crippen LogP contribution in [0.3, 0.4) is 0 Å². The molecule has 8 heteroatoms. The van der Waals surface area contributed by atoms with Crippen molar-refractivity contribution in [3.8, 4) is 11.5 Å². The second-order valence-corrected chi connectivity index (χ2v) is 11.5. The number of nitrogens with one attached hydrogen (secondary N) is 1. The summed E-state index contributed by atoms with van der Waals surface area (Å²) in [6.45, 7) is 2.55. The topological polar surface area (TPSA) is 84.9 Å². The van der Waals surface area contributed by atoms with Gasteiger partial charge in [0.25, 0.3) is 0 Å². The number of carbonyl (C=O) groups excluding carboxylic acids is 1. The molecule has 0 amide bonds. The van der Waals surface area contributed by atoms with Gasteiger partial charge in [0.15, 0.2) is 11.5 Å². The first-order valence-corrected chi connectivity index (χ1v) is 13.8. The van der Waals surface area contributed by atoms with Crippen molar-refractivity contribution in [3.05, 3.63) is 59.7 Å². The van der Waals surface area contributed by atoms with Crippen molar-refractivity contribution in [1.82, 2.24) is 4.31 Å². The van der Waals surface area contributed by atoms with E-state index >= 15 is 0 Å². The molecule has 2 aromatic rings.